The molecule has 1 fully saturated rings. The Labute approximate surface area is 125 Å². The predicted octanol–water partition coefficient (Wildman–Crippen LogP) is 3.53. The highest BCUT2D eigenvalue weighted by Crippen LogP contribution is 2.33. The van der Waals surface area contributed by atoms with Crippen molar-refractivity contribution in [2.45, 2.75) is 51.4 Å². The van der Waals surface area contributed by atoms with Crippen LogP contribution in [0.4, 0.5) is 5.13 Å². The second-order valence-corrected chi connectivity index (χ2v) is 7.76. The molecule has 3 unspecified atom stereocenters. The molecule has 0 saturated carbocycles. The first-order valence-corrected chi connectivity index (χ1v) is 9.07. The molecule has 5 heteroatoms. The van der Waals surface area contributed by atoms with E-state index in [1.165, 1.54) is 22.2 Å². The fourth-order valence-electron chi connectivity index (χ4n) is 2.27. The fraction of sp³-hybridized carbons (Fsp3) is 0.786. The van der Waals surface area contributed by atoms with Crippen molar-refractivity contribution in [3.05, 3.63) is 11.1 Å². The van der Waals surface area contributed by atoms with Gasteiger partial charge in [-0.25, -0.2) is 4.98 Å². The Morgan fingerprint density at radius 1 is 1.53 bits per heavy atom. The molecule has 108 valence electrons. The van der Waals surface area contributed by atoms with Crippen molar-refractivity contribution in [2.75, 3.05) is 23.7 Å². The van der Waals surface area contributed by atoms with E-state index < -0.39 is 0 Å². The lowest BCUT2D eigenvalue weighted by molar-refractivity contribution is 0.577. The van der Waals surface area contributed by atoms with Gasteiger partial charge in [0.1, 0.15) is 0 Å². The molecule has 0 aliphatic carbocycles. The smallest absolute Gasteiger partial charge is 0.185 e. The van der Waals surface area contributed by atoms with Crippen molar-refractivity contribution < 1.29 is 0 Å². The van der Waals surface area contributed by atoms with Crippen molar-refractivity contribution in [3.8, 4) is 0 Å². The van der Waals surface area contributed by atoms with Crippen molar-refractivity contribution in [1.29, 1.82) is 0 Å². The van der Waals surface area contributed by atoms with Gasteiger partial charge in [-0.05, 0) is 26.8 Å². The largest absolute Gasteiger partial charge is 0.343 e. The van der Waals surface area contributed by atoms with Crippen molar-refractivity contribution in [1.82, 2.24) is 10.3 Å². The van der Waals surface area contributed by atoms with Crippen LogP contribution in [0.3, 0.4) is 0 Å². The normalized spacial score (nSPS) is 25.6. The van der Waals surface area contributed by atoms with Crippen LogP contribution in [0.15, 0.2) is 6.20 Å². The van der Waals surface area contributed by atoms with E-state index >= 15 is 0 Å². The highest BCUT2D eigenvalue weighted by Gasteiger charge is 2.27. The van der Waals surface area contributed by atoms with Crippen molar-refractivity contribution in [2.24, 2.45) is 0 Å². The molecule has 1 aliphatic heterocycles. The number of hydrogen-bond acceptors (Lipinski definition) is 5. The molecule has 0 aromatic carbocycles. The van der Waals surface area contributed by atoms with Gasteiger partial charge in [-0.1, -0.05) is 13.8 Å². The Morgan fingerprint density at radius 2 is 2.32 bits per heavy atom. The molecule has 1 aromatic heterocycles. The number of hydrogen-bond donors (Lipinski definition) is 1. The third-order valence-corrected chi connectivity index (χ3v) is 6.32. The van der Waals surface area contributed by atoms with Crippen molar-refractivity contribution >= 4 is 28.2 Å². The topological polar surface area (TPSA) is 28.2 Å². The minimum atomic E-state index is 0.415. The average molecular weight is 300 g/mol. The summed E-state index contributed by atoms with van der Waals surface area (Å²) in [6.07, 6.45) is 3.22. The van der Waals surface area contributed by atoms with Gasteiger partial charge in [-0.15, -0.1) is 11.3 Å². The fourth-order valence-corrected chi connectivity index (χ4v) is 4.43. The molecule has 1 N–H and O–H groups in total. The van der Waals surface area contributed by atoms with Gasteiger partial charge in [-0.2, -0.15) is 11.8 Å². The summed E-state index contributed by atoms with van der Waals surface area (Å²) in [6, 6.07) is 0.995. The zero-order valence-electron chi connectivity index (χ0n) is 12.3. The summed E-state index contributed by atoms with van der Waals surface area (Å²) in [6.45, 7) is 11.3. The zero-order valence-corrected chi connectivity index (χ0v) is 14.0. The lowest BCUT2D eigenvalue weighted by atomic mass is 10.2. The molecule has 2 heterocycles. The minimum Gasteiger partial charge on any atom is -0.343 e. The molecular formula is C14H25N3S2. The summed E-state index contributed by atoms with van der Waals surface area (Å²) < 4.78 is 0. The van der Waals surface area contributed by atoms with Gasteiger partial charge in [0.2, 0.25) is 0 Å². The van der Waals surface area contributed by atoms with Crippen LogP contribution in [-0.2, 0) is 0 Å². The maximum atomic E-state index is 4.65. The standard InChI is InChI=1S/C14H25N3S2/c1-5-6-15-10(2)13-9-16-14(19-13)17-7-8-18-12(4)11(17)3/h9-12,15H,5-8H2,1-4H3. The lowest BCUT2D eigenvalue weighted by Gasteiger charge is -2.37. The highest BCUT2D eigenvalue weighted by molar-refractivity contribution is 8.00. The van der Waals surface area contributed by atoms with Gasteiger partial charge in [0.15, 0.2) is 5.13 Å². The van der Waals surface area contributed by atoms with Crippen LogP contribution < -0.4 is 10.2 Å². The molecule has 19 heavy (non-hydrogen) atoms. The minimum absolute atomic E-state index is 0.415. The number of thiazole rings is 1. The van der Waals surface area contributed by atoms with E-state index in [4.69, 9.17) is 0 Å². The Bertz CT molecular complexity index is 394. The van der Waals surface area contributed by atoms with Crippen LogP contribution in [0.25, 0.3) is 0 Å². The van der Waals surface area contributed by atoms with Crippen LogP contribution >= 0.6 is 23.1 Å². The molecule has 3 nitrogen and oxygen atoms in total. The van der Waals surface area contributed by atoms with E-state index in [9.17, 15) is 0 Å². The van der Waals surface area contributed by atoms with E-state index in [0.717, 1.165) is 13.1 Å². The first-order chi connectivity index (χ1) is 9.13. The average Bonchev–Trinajstić information content (AvgIpc) is 2.88. The molecule has 0 amide bonds. The second-order valence-electron chi connectivity index (χ2n) is 5.23. The molecule has 0 spiro atoms. The van der Waals surface area contributed by atoms with E-state index in [1.807, 2.05) is 17.5 Å². The number of nitrogens with one attached hydrogen (secondary N) is 1. The number of thioether (sulfide) groups is 1. The second kappa shape index (κ2) is 6.95. The first-order valence-electron chi connectivity index (χ1n) is 7.20. The number of aromatic nitrogens is 1. The van der Waals surface area contributed by atoms with Gasteiger partial charge in [0.05, 0.1) is 0 Å². The van der Waals surface area contributed by atoms with E-state index in [0.29, 0.717) is 17.3 Å². The summed E-state index contributed by atoms with van der Waals surface area (Å²) in [5.41, 5.74) is 0. The van der Waals surface area contributed by atoms with Crippen molar-refractivity contribution in [3.63, 3.8) is 0 Å². The molecule has 1 saturated heterocycles. The number of anilines is 1. The summed E-state index contributed by atoms with van der Waals surface area (Å²) in [7, 11) is 0. The molecule has 1 aliphatic rings. The predicted molar refractivity (Wildman–Crippen MR) is 87.6 cm³/mol. The maximum Gasteiger partial charge on any atom is 0.185 e. The summed E-state index contributed by atoms with van der Waals surface area (Å²) in [4.78, 5) is 8.47. The lowest BCUT2D eigenvalue weighted by Crippen LogP contribution is -2.44. The van der Waals surface area contributed by atoms with Crippen LogP contribution in [-0.4, -0.2) is 35.1 Å². The molecule has 2 rings (SSSR count). The highest BCUT2D eigenvalue weighted by atomic mass is 32.2. The molecule has 0 radical (unpaired) electrons. The quantitative estimate of drug-likeness (QED) is 0.900. The Balaban J connectivity index is 2.03. The molecule has 0 bridgehead atoms. The van der Waals surface area contributed by atoms with E-state index in [1.54, 1.807) is 0 Å². The van der Waals surface area contributed by atoms with E-state index in [2.05, 4.69) is 54.7 Å². The summed E-state index contributed by atoms with van der Waals surface area (Å²) in [5.74, 6) is 1.21. The van der Waals surface area contributed by atoms with Crippen LogP contribution in [0, 0.1) is 0 Å². The first kappa shape index (κ1) is 15.1. The molecular weight excluding hydrogens is 274 g/mol. The van der Waals surface area contributed by atoms with Gasteiger partial charge >= 0.3 is 0 Å². The third kappa shape index (κ3) is 3.64. The zero-order chi connectivity index (χ0) is 13.8. The third-order valence-electron chi connectivity index (χ3n) is 3.77. The number of rotatable bonds is 5. The Hall–Kier alpha value is -0.260. The molecule has 3 atom stereocenters. The van der Waals surface area contributed by atoms with Crippen LogP contribution in [0.1, 0.15) is 45.0 Å². The van der Waals surface area contributed by atoms with Crippen LogP contribution in [0.5, 0.6) is 0 Å². The summed E-state index contributed by atoms with van der Waals surface area (Å²) in [5, 5.41) is 5.42. The van der Waals surface area contributed by atoms with Gasteiger partial charge in [-0.3, -0.25) is 0 Å². The van der Waals surface area contributed by atoms with Gasteiger partial charge < -0.3 is 10.2 Å². The van der Waals surface area contributed by atoms with Gasteiger partial charge in [0.25, 0.3) is 0 Å². The van der Waals surface area contributed by atoms with Crippen LogP contribution in [0.2, 0.25) is 0 Å². The maximum absolute atomic E-state index is 4.65. The monoisotopic (exact) mass is 299 g/mol. The Morgan fingerprint density at radius 3 is 3.05 bits per heavy atom. The van der Waals surface area contributed by atoms with E-state index in [-0.39, 0.29) is 0 Å². The summed E-state index contributed by atoms with van der Waals surface area (Å²) >= 11 is 3.92. The molecule has 1 aromatic rings. The number of nitrogens with zero attached hydrogens (tertiary/aromatic N) is 2. The SMILES string of the molecule is CCCNC(C)c1cnc(N2CCSC(C)C2C)s1. The Kier molecular flexibility index (Phi) is 5.54. The van der Waals surface area contributed by atoms with Gasteiger partial charge in [0, 0.05) is 40.7 Å².